The van der Waals surface area contributed by atoms with Crippen molar-refractivity contribution in [1.29, 1.82) is 0 Å². The lowest BCUT2D eigenvalue weighted by Gasteiger charge is -2.07. The second kappa shape index (κ2) is 3.76. The molecule has 0 N–H and O–H groups in total. The summed E-state index contributed by atoms with van der Waals surface area (Å²) in [6, 6.07) is 7.09. The fourth-order valence-corrected chi connectivity index (χ4v) is 2.49. The second-order valence-electron chi connectivity index (χ2n) is 5.21. The van der Waals surface area contributed by atoms with Crippen molar-refractivity contribution in [1.82, 2.24) is 0 Å². The van der Waals surface area contributed by atoms with E-state index in [0.29, 0.717) is 0 Å². The van der Waals surface area contributed by atoms with E-state index >= 15 is 0 Å². The van der Waals surface area contributed by atoms with Gasteiger partial charge in [-0.1, -0.05) is 39.0 Å². The summed E-state index contributed by atoms with van der Waals surface area (Å²) in [6.07, 6.45) is 3.81. The predicted molar refractivity (Wildman–Crippen MR) is 61.6 cm³/mol. The molecule has 1 aromatic carbocycles. The summed E-state index contributed by atoms with van der Waals surface area (Å²) in [6.45, 7) is 6.92. The first-order valence-corrected chi connectivity index (χ1v) is 5.76. The fourth-order valence-electron chi connectivity index (χ4n) is 2.49. The SMILES string of the molecule is CC(C)Cc1ccc2c(c1)CC(C)C2. The van der Waals surface area contributed by atoms with Gasteiger partial charge in [-0.15, -0.1) is 0 Å². The highest BCUT2D eigenvalue weighted by molar-refractivity contribution is 5.36. The molecule has 1 aromatic rings. The van der Waals surface area contributed by atoms with Crippen LogP contribution in [-0.2, 0) is 19.3 Å². The van der Waals surface area contributed by atoms with Crippen LogP contribution < -0.4 is 0 Å². The van der Waals surface area contributed by atoms with Crippen LogP contribution >= 0.6 is 0 Å². The number of fused-ring (bicyclic) bond motifs is 1. The molecule has 0 saturated heterocycles. The zero-order valence-electron chi connectivity index (χ0n) is 9.51. The van der Waals surface area contributed by atoms with Crippen LogP contribution in [0.2, 0.25) is 0 Å². The summed E-state index contributed by atoms with van der Waals surface area (Å²) < 4.78 is 0. The van der Waals surface area contributed by atoms with Gasteiger partial charge in [0.15, 0.2) is 0 Å². The number of benzene rings is 1. The zero-order valence-corrected chi connectivity index (χ0v) is 9.51. The average molecular weight is 188 g/mol. The van der Waals surface area contributed by atoms with Crippen molar-refractivity contribution in [3.8, 4) is 0 Å². The lowest BCUT2D eigenvalue weighted by atomic mass is 9.99. The number of rotatable bonds is 2. The third-order valence-electron chi connectivity index (χ3n) is 3.05. The van der Waals surface area contributed by atoms with Crippen LogP contribution in [0.5, 0.6) is 0 Å². The zero-order chi connectivity index (χ0) is 10.1. The van der Waals surface area contributed by atoms with Gasteiger partial charge < -0.3 is 0 Å². The molecule has 0 saturated carbocycles. The number of hydrogen-bond donors (Lipinski definition) is 0. The first-order chi connectivity index (χ1) is 6.65. The first kappa shape index (κ1) is 9.76. The molecule has 0 spiro atoms. The molecule has 0 nitrogen and oxygen atoms in total. The Morgan fingerprint density at radius 3 is 2.64 bits per heavy atom. The molecular formula is C14H20. The molecule has 14 heavy (non-hydrogen) atoms. The van der Waals surface area contributed by atoms with Crippen molar-refractivity contribution in [3.05, 3.63) is 34.9 Å². The van der Waals surface area contributed by atoms with Gasteiger partial charge in [-0.25, -0.2) is 0 Å². The van der Waals surface area contributed by atoms with E-state index in [-0.39, 0.29) is 0 Å². The largest absolute Gasteiger partial charge is 0.0625 e. The molecule has 0 heterocycles. The van der Waals surface area contributed by atoms with Crippen molar-refractivity contribution >= 4 is 0 Å². The van der Waals surface area contributed by atoms with Gasteiger partial charge in [0.25, 0.3) is 0 Å². The minimum absolute atomic E-state index is 0.770. The summed E-state index contributed by atoms with van der Waals surface area (Å²) in [4.78, 5) is 0. The van der Waals surface area contributed by atoms with Crippen molar-refractivity contribution in [2.24, 2.45) is 11.8 Å². The van der Waals surface area contributed by atoms with Crippen molar-refractivity contribution in [2.45, 2.75) is 40.0 Å². The van der Waals surface area contributed by atoms with Gasteiger partial charge in [-0.05, 0) is 47.8 Å². The second-order valence-corrected chi connectivity index (χ2v) is 5.21. The highest BCUT2D eigenvalue weighted by atomic mass is 14.2. The summed E-state index contributed by atoms with van der Waals surface area (Å²) in [5.74, 6) is 1.63. The molecule has 0 aliphatic heterocycles. The Bertz CT molecular complexity index is 323. The van der Waals surface area contributed by atoms with Crippen molar-refractivity contribution < 1.29 is 0 Å². The van der Waals surface area contributed by atoms with Gasteiger partial charge in [0.2, 0.25) is 0 Å². The van der Waals surface area contributed by atoms with Crippen LogP contribution in [0.25, 0.3) is 0 Å². The Morgan fingerprint density at radius 1 is 1.21 bits per heavy atom. The van der Waals surface area contributed by atoms with Gasteiger partial charge in [0, 0.05) is 0 Å². The summed E-state index contributed by atoms with van der Waals surface area (Å²) in [5, 5.41) is 0. The topological polar surface area (TPSA) is 0 Å². The van der Waals surface area contributed by atoms with E-state index in [4.69, 9.17) is 0 Å². The molecule has 0 radical (unpaired) electrons. The van der Waals surface area contributed by atoms with E-state index in [1.807, 2.05) is 0 Å². The maximum Gasteiger partial charge on any atom is -0.0247 e. The molecule has 1 aliphatic carbocycles. The van der Waals surface area contributed by atoms with Gasteiger partial charge in [-0.3, -0.25) is 0 Å². The minimum atomic E-state index is 0.770. The molecule has 1 unspecified atom stereocenters. The molecular weight excluding hydrogens is 168 g/mol. The summed E-state index contributed by atoms with van der Waals surface area (Å²) in [5.41, 5.74) is 4.72. The average Bonchev–Trinajstić information content (AvgIpc) is 2.42. The van der Waals surface area contributed by atoms with Crippen LogP contribution in [0.15, 0.2) is 18.2 Å². The van der Waals surface area contributed by atoms with Gasteiger partial charge in [0.05, 0.1) is 0 Å². The third kappa shape index (κ3) is 2.00. The highest BCUT2D eigenvalue weighted by Gasteiger charge is 2.17. The van der Waals surface area contributed by atoms with E-state index in [1.165, 1.54) is 24.8 Å². The van der Waals surface area contributed by atoms with Crippen LogP contribution in [0.1, 0.15) is 37.5 Å². The molecule has 0 amide bonds. The van der Waals surface area contributed by atoms with Gasteiger partial charge in [-0.2, -0.15) is 0 Å². The molecule has 1 atom stereocenters. The van der Waals surface area contributed by atoms with Crippen LogP contribution in [0.4, 0.5) is 0 Å². The summed E-state index contributed by atoms with van der Waals surface area (Å²) >= 11 is 0. The summed E-state index contributed by atoms with van der Waals surface area (Å²) in [7, 11) is 0. The Balaban J connectivity index is 2.20. The van der Waals surface area contributed by atoms with Crippen LogP contribution in [0.3, 0.4) is 0 Å². The van der Waals surface area contributed by atoms with Gasteiger partial charge in [0.1, 0.15) is 0 Å². The fraction of sp³-hybridized carbons (Fsp3) is 0.571. The number of hydrogen-bond acceptors (Lipinski definition) is 0. The maximum absolute atomic E-state index is 2.43. The van der Waals surface area contributed by atoms with Crippen LogP contribution in [0, 0.1) is 11.8 Å². The van der Waals surface area contributed by atoms with Crippen LogP contribution in [-0.4, -0.2) is 0 Å². The monoisotopic (exact) mass is 188 g/mol. The molecule has 0 heteroatoms. The first-order valence-electron chi connectivity index (χ1n) is 5.76. The molecule has 0 bridgehead atoms. The van der Waals surface area contributed by atoms with Crippen molar-refractivity contribution in [2.75, 3.05) is 0 Å². The lowest BCUT2D eigenvalue weighted by Crippen LogP contribution is -1.95. The minimum Gasteiger partial charge on any atom is -0.0625 e. The molecule has 76 valence electrons. The van der Waals surface area contributed by atoms with E-state index in [0.717, 1.165) is 11.8 Å². The normalized spacial score (nSPS) is 20.1. The van der Waals surface area contributed by atoms with E-state index in [2.05, 4.69) is 39.0 Å². The smallest absolute Gasteiger partial charge is 0.0247 e. The highest BCUT2D eigenvalue weighted by Crippen LogP contribution is 2.27. The molecule has 1 aliphatic rings. The van der Waals surface area contributed by atoms with Gasteiger partial charge >= 0.3 is 0 Å². The quantitative estimate of drug-likeness (QED) is 0.665. The van der Waals surface area contributed by atoms with Crippen molar-refractivity contribution in [3.63, 3.8) is 0 Å². The Morgan fingerprint density at radius 2 is 1.93 bits per heavy atom. The molecule has 0 fully saturated rings. The third-order valence-corrected chi connectivity index (χ3v) is 3.05. The Kier molecular flexibility index (Phi) is 2.62. The van der Waals surface area contributed by atoms with E-state index in [9.17, 15) is 0 Å². The Hall–Kier alpha value is -0.780. The Labute approximate surface area is 87.3 Å². The van der Waals surface area contributed by atoms with E-state index in [1.54, 1.807) is 11.1 Å². The lowest BCUT2D eigenvalue weighted by molar-refractivity contribution is 0.627. The standard InChI is InChI=1S/C14H20/c1-10(2)6-12-4-5-13-7-11(3)8-14(13)9-12/h4-5,9-11H,6-8H2,1-3H3. The molecule has 2 rings (SSSR count). The molecule has 0 aromatic heterocycles. The maximum atomic E-state index is 2.43. The predicted octanol–water partition coefficient (Wildman–Crippen LogP) is 3.62. The van der Waals surface area contributed by atoms with E-state index < -0.39 is 0 Å².